The van der Waals surface area contributed by atoms with Gasteiger partial charge in [0.15, 0.2) is 5.69 Å². The Morgan fingerprint density at radius 3 is 1.38 bits per heavy atom. The van der Waals surface area contributed by atoms with E-state index in [-0.39, 0.29) is 5.69 Å². The van der Waals surface area contributed by atoms with Gasteiger partial charge in [-0.15, -0.1) is 0 Å². The maximum atomic E-state index is 14.5. The first-order chi connectivity index (χ1) is 23.0. The van der Waals surface area contributed by atoms with Gasteiger partial charge in [-0.25, -0.2) is 4.85 Å². The Bertz CT molecular complexity index is 2540. The number of aryl methyl sites for hydroxylation is 4. The summed E-state index contributed by atoms with van der Waals surface area (Å²) in [4.78, 5) is 3.91. The lowest BCUT2D eigenvalue weighted by Crippen LogP contribution is -2.08. The Balaban J connectivity index is 1.55. The predicted molar refractivity (Wildman–Crippen MR) is 191 cm³/mol. The highest BCUT2D eigenvalue weighted by Crippen LogP contribution is 2.46. The molecule has 0 radical (unpaired) electrons. The van der Waals surface area contributed by atoms with Crippen molar-refractivity contribution in [3.8, 4) is 22.5 Å². The van der Waals surface area contributed by atoms with Crippen LogP contribution in [0.2, 0.25) is 0 Å². The monoisotopic (exact) mass is 633 g/mol. The second-order valence-electron chi connectivity index (χ2n) is 12.8. The molecule has 0 unspecified atom stereocenters. The van der Waals surface area contributed by atoms with E-state index in [1.807, 2.05) is 80.8 Å². The largest absolute Gasteiger partial charge is 0.416 e. The topological polar surface area (TPSA) is 14.2 Å². The van der Waals surface area contributed by atoms with E-state index in [0.717, 1.165) is 71.9 Å². The maximum Gasteiger partial charge on any atom is 0.416 e. The van der Waals surface area contributed by atoms with Crippen molar-refractivity contribution in [1.82, 2.24) is 9.13 Å². The van der Waals surface area contributed by atoms with E-state index in [2.05, 4.69) is 45.8 Å². The van der Waals surface area contributed by atoms with Gasteiger partial charge in [-0.1, -0.05) is 58.7 Å². The molecule has 8 rings (SSSR count). The fourth-order valence-corrected chi connectivity index (χ4v) is 7.21. The maximum absolute atomic E-state index is 14.5. The molecule has 0 aliphatic rings. The third kappa shape index (κ3) is 4.50. The molecule has 0 N–H and O–H groups in total. The molecule has 0 atom stereocenters. The highest BCUT2D eigenvalue weighted by Gasteiger charge is 2.32. The first-order valence-electron chi connectivity index (χ1n) is 15.8. The summed E-state index contributed by atoms with van der Waals surface area (Å²) in [7, 11) is 0. The molecule has 48 heavy (non-hydrogen) atoms. The molecule has 6 aromatic carbocycles. The highest BCUT2D eigenvalue weighted by atomic mass is 19.4. The summed E-state index contributed by atoms with van der Waals surface area (Å²) in [6.07, 6.45) is -4.59. The molecule has 2 heterocycles. The van der Waals surface area contributed by atoms with Crippen molar-refractivity contribution in [2.45, 2.75) is 33.9 Å². The van der Waals surface area contributed by atoms with Gasteiger partial charge in [0, 0.05) is 32.8 Å². The third-order valence-electron chi connectivity index (χ3n) is 9.37. The Kier molecular flexibility index (Phi) is 6.54. The van der Waals surface area contributed by atoms with Crippen LogP contribution in [0.5, 0.6) is 0 Å². The quantitative estimate of drug-likeness (QED) is 0.172. The molecule has 0 spiro atoms. The number of nitrogens with zero attached hydrogens (tertiary/aromatic N) is 3. The number of halogens is 3. The normalized spacial score (nSPS) is 12.0. The lowest BCUT2D eigenvalue weighted by Gasteiger charge is -2.21. The summed E-state index contributed by atoms with van der Waals surface area (Å²) in [6.45, 7) is 16.4. The lowest BCUT2D eigenvalue weighted by molar-refractivity contribution is -0.137. The van der Waals surface area contributed by atoms with Crippen LogP contribution in [0.15, 0.2) is 109 Å². The van der Waals surface area contributed by atoms with E-state index in [9.17, 15) is 13.2 Å². The number of hydrogen-bond donors (Lipinski definition) is 0. The third-order valence-corrected chi connectivity index (χ3v) is 9.37. The van der Waals surface area contributed by atoms with Crippen LogP contribution in [-0.4, -0.2) is 9.13 Å². The second kappa shape index (κ2) is 10.6. The van der Waals surface area contributed by atoms with Crippen LogP contribution in [0.1, 0.15) is 27.8 Å². The van der Waals surface area contributed by atoms with Gasteiger partial charge in [0.2, 0.25) is 0 Å². The van der Waals surface area contributed by atoms with Crippen LogP contribution in [0.25, 0.3) is 71.0 Å². The number of fused-ring (bicyclic) bond motifs is 6. The molecule has 3 nitrogen and oxygen atoms in total. The van der Waals surface area contributed by atoms with Crippen molar-refractivity contribution < 1.29 is 13.2 Å². The van der Waals surface area contributed by atoms with Crippen molar-refractivity contribution >= 4 is 49.3 Å². The number of rotatable bonds is 3. The fraction of sp³-hybridized carbons (Fsp3) is 0.119. The Labute approximate surface area is 275 Å². The van der Waals surface area contributed by atoms with Crippen LogP contribution < -0.4 is 0 Å². The molecular formula is C42H30F3N3. The van der Waals surface area contributed by atoms with E-state index < -0.39 is 11.7 Å². The van der Waals surface area contributed by atoms with E-state index in [1.165, 1.54) is 6.07 Å². The van der Waals surface area contributed by atoms with Gasteiger partial charge in [0.05, 0.1) is 39.9 Å². The van der Waals surface area contributed by atoms with Crippen molar-refractivity contribution in [3.05, 3.63) is 148 Å². The number of aromatic nitrogens is 2. The second-order valence-corrected chi connectivity index (χ2v) is 12.8. The summed E-state index contributed by atoms with van der Waals surface area (Å²) >= 11 is 0. The molecule has 0 bridgehead atoms. The lowest BCUT2D eigenvalue weighted by atomic mass is 9.96. The first-order valence-corrected chi connectivity index (χ1v) is 15.8. The summed E-state index contributed by atoms with van der Waals surface area (Å²) in [5, 5.41) is 4.13. The number of hydrogen-bond acceptors (Lipinski definition) is 0. The smallest absolute Gasteiger partial charge is 0.310 e. The molecule has 0 aliphatic heterocycles. The predicted octanol–water partition coefficient (Wildman–Crippen LogP) is 12.4. The van der Waals surface area contributed by atoms with Gasteiger partial charge >= 0.3 is 6.18 Å². The van der Waals surface area contributed by atoms with E-state index in [0.29, 0.717) is 22.5 Å². The molecular weight excluding hydrogens is 603 g/mol. The summed E-state index contributed by atoms with van der Waals surface area (Å²) in [6, 6.07) is 34.2. The van der Waals surface area contributed by atoms with Crippen LogP contribution in [-0.2, 0) is 6.18 Å². The van der Waals surface area contributed by atoms with Crippen LogP contribution in [0, 0.1) is 34.3 Å². The Hall–Kier alpha value is -5.80. The van der Waals surface area contributed by atoms with Gasteiger partial charge in [-0.2, -0.15) is 13.2 Å². The zero-order valence-electron chi connectivity index (χ0n) is 26.9. The number of alkyl halides is 3. The van der Waals surface area contributed by atoms with Crippen LogP contribution in [0.3, 0.4) is 0 Å². The Morgan fingerprint density at radius 2 is 0.958 bits per heavy atom. The molecule has 0 aliphatic carbocycles. The van der Waals surface area contributed by atoms with Crippen LogP contribution in [0.4, 0.5) is 18.9 Å². The standard InChI is InChI=1S/C42H30F3N3/c1-24-9-14-35-29(19-24)30-20-25(2)10-15-36(30)47(35)39-18-13-28(42(43,44)45)23-33(39)41-34(46-5)7-6-8-40(41)48-37-16-11-26(3)21-31(37)32-22-27(4)12-17-38(32)48/h6-23H,1-4H3. The van der Waals surface area contributed by atoms with Crippen molar-refractivity contribution in [1.29, 1.82) is 0 Å². The first kappa shape index (κ1) is 29.6. The van der Waals surface area contributed by atoms with Crippen molar-refractivity contribution in [2.75, 3.05) is 0 Å². The summed E-state index contributed by atoms with van der Waals surface area (Å²) < 4.78 is 47.7. The zero-order chi connectivity index (χ0) is 33.5. The van der Waals surface area contributed by atoms with E-state index in [4.69, 9.17) is 6.57 Å². The zero-order valence-corrected chi connectivity index (χ0v) is 26.9. The molecule has 0 saturated carbocycles. The molecule has 6 heteroatoms. The molecule has 8 aromatic rings. The minimum absolute atomic E-state index is 0.273. The van der Waals surface area contributed by atoms with Crippen molar-refractivity contribution in [2.24, 2.45) is 0 Å². The van der Waals surface area contributed by atoms with Gasteiger partial charge in [-0.3, -0.25) is 0 Å². The van der Waals surface area contributed by atoms with Gasteiger partial charge in [0.1, 0.15) is 0 Å². The minimum Gasteiger partial charge on any atom is -0.310 e. The van der Waals surface area contributed by atoms with Gasteiger partial charge < -0.3 is 9.13 Å². The SMILES string of the molecule is [C-]#[N+]c1cccc(-n2c3ccc(C)cc3c3cc(C)ccc32)c1-c1cc(C(F)(F)F)ccc1-n1c2ccc(C)cc2c2cc(C)ccc21. The molecule has 0 saturated heterocycles. The average molecular weight is 634 g/mol. The number of benzene rings is 6. The van der Waals surface area contributed by atoms with E-state index in [1.54, 1.807) is 12.1 Å². The Morgan fingerprint density at radius 1 is 0.521 bits per heavy atom. The molecule has 0 amide bonds. The van der Waals surface area contributed by atoms with Crippen LogP contribution >= 0.6 is 0 Å². The van der Waals surface area contributed by atoms with Gasteiger partial charge in [-0.05, 0) is 106 Å². The molecule has 2 aromatic heterocycles. The van der Waals surface area contributed by atoms with E-state index >= 15 is 0 Å². The highest BCUT2D eigenvalue weighted by molar-refractivity contribution is 6.12. The fourth-order valence-electron chi connectivity index (χ4n) is 7.21. The summed E-state index contributed by atoms with van der Waals surface area (Å²) in [5.74, 6) is 0. The summed E-state index contributed by atoms with van der Waals surface area (Å²) in [5.41, 5.74) is 9.49. The minimum atomic E-state index is -4.59. The molecule has 0 fully saturated rings. The average Bonchev–Trinajstić information content (AvgIpc) is 3.54. The van der Waals surface area contributed by atoms with Crippen molar-refractivity contribution in [3.63, 3.8) is 0 Å². The molecule has 234 valence electrons. The van der Waals surface area contributed by atoms with Gasteiger partial charge in [0.25, 0.3) is 0 Å².